The molecule has 0 aliphatic heterocycles. The summed E-state index contributed by atoms with van der Waals surface area (Å²) in [6, 6.07) is 1.61. The van der Waals surface area contributed by atoms with Crippen LogP contribution in [0.25, 0.3) is 0 Å². The SMILES string of the molecule is C=CC[C@@H](N)c1cc(O)c(F)c(F)c1. The second-order valence-corrected chi connectivity index (χ2v) is 2.97. The Morgan fingerprint density at radius 1 is 1.50 bits per heavy atom. The van der Waals surface area contributed by atoms with E-state index in [9.17, 15) is 8.78 Å². The summed E-state index contributed by atoms with van der Waals surface area (Å²) in [5.41, 5.74) is 5.97. The first-order valence-electron chi connectivity index (χ1n) is 4.10. The number of hydrogen-bond donors (Lipinski definition) is 2. The van der Waals surface area contributed by atoms with Crippen molar-refractivity contribution >= 4 is 0 Å². The molecule has 0 amide bonds. The minimum absolute atomic E-state index is 0.348. The molecule has 0 aliphatic rings. The normalized spacial score (nSPS) is 12.5. The maximum absolute atomic E-state index is 12.8. The highest BCUT2D eigenvalue weighted by Gasteiger charge is 2.13. The van der Waals surface area contributed by atoms with Gasteiger partial charge in [0, 0.05) is 6.04 Å². The summed E-state index contributed by atoms with van der Waals surface area (Å²) in [6.45, 7) is 3.48. The summed E-state index contributed by atoms with van der Waals surface area (Å²) in [4.78, 5) is 0. The van der Waals surface area contributed by atoms with Crippen LogP contribution < -0.4 is 5.73 Å². The number of aromatic hydroxyl groups is 1. The number of phenols is 1. The smallest absolute Gasteiger partial charge is 0.200 e. The summed E-state index contributed by atoms with van der Waals surface area (Å²) in [5, 5.41) is 9.00. The zero-order valence-corrected chi connectivity index (χ0v) is 7.50. The standard InChI is InChI=1S/C10H11F2NO/c1-2-3-8(13)6-4-7(11)10(12)9(14)5-6/h2,4-5,8,14H,1,3,13H2/t8-/m1/s1. The van der Waals surface area contributed by atoms with Crippen molar-refractivity contribution in [3.8, 4) is 5.75 Å². The van der Waals surface area contributed by atoms with Crippen molar-refractivity contribution in [1.29, 1.82) is 0 Å². The van der Waals surface area contributed by atoms with Crippen LogP contribution in [0.2, 0.25) is 0 Å². The maximum Gasteiger partial charge on any atom is 0.200 e. The molecular formula is C10H11F2NO. The molecule has 76 valence electrons. The predicted octanol–water partition coefficient (Wildman–Crippen LogP) is 2.25. The van der Waals surface area contributed by atoms with Crippen LogP contribution in [0.15, 0.2) is 24.8 Å². The largest absolute Gasteiger partial charge is 0.505 e. The molecule has 1 rings (SSSR count). The fraction of sp³-hybridized carbons (Fsp3) is 0.200. The molecule has 0 unspecified atom stereocenters. The summed E-state index contributed by atoms with van der Waals surface area (Å²) >= 11 is 0. The fourth-order valence-corrected chi connectivity index (χ4v) is 1.12. The summed E-state index contributed by atoms with van der Waals surface area (Å²) in [6.07, 6.45) is 2.01. The molecule has 2 nitrogen and oxygen atoms in total. The molecule has 14 heavy (non-hydrogen) atoms. The molecular weight excluding hydrogens is 188 g/mol. The lowest BCUT2D eigenvalue weighted by molar-refractivity contribution is 0.405. The van der Waals surface area contributed by atoms with Crippen molar-refractivity contribution < 1.29 is 13.9 Å². The van der Waals surface area contributed by atoms with Gasteiger partial charge in [0.25, 0.3) is 0 Å². The van der Waals surface area contributed by atoms with Crippen LogP contribution in [-0.2, 0) is 0 Å². The first-order valence-corrected chi connectivity index (χ1v) is 4.10. The van der Waals surface area contributed by atoms with Gasteiger partial charge in [-0.2, -0.15) is 4.39 Å². The monoisotopic (exact) mass is 199 g/mol. The number of rotatable bonds is 3. The van der Waals surface area contributed by atoms with E-state index in [4.69, 9.17) is 10.8 Å². The van der Waals surface area contributed by atoms with E-state index in [1.807, 2.05) is 0 Å². The molecule has 0 saturated heterocycles. The Morgan fingerprint density at radius 2 is 2.14 bits per heavy atom. The number of nitrogens with two attached hydrogens (primary N) is 1. The van der Waals surface area contributed by atoms with Gasteiger partial charge in [-0.1, -0.05) is 6.08 Å². The molecule has 0 aromatic heterocycles. The van der Waals surface area contributed by atoms with Gasteiger partial charge in [-0.25, -0.2) is 4.39 Å². The molecule has 3 N–H and O–H groups in total. The van der Waals surface area contributed by atoms with Gasteiger partial charge in [-0.3, -0.25) is 0 Å². The van der Waals surface area contributed by atoms with Gasteiger partial charge in [0.15, 0.2) is 17.4 Å². The average molecular weight is 199 g/mol. The van der Waals surface area contributed by atoms with Crippen molar-refractivity contribution in [1.82, 2.24) is 0 Å². The van der Waals surface area contributed by atoms with Crippen molar-refractivity contribution in [2.75, 3.05) is 0 Å². The molecule has 0 bridgehead atoms. The average Bonchev–Trinajstić information content (AvgIpc) is 2.13. The third kappa shape index (κ3) is 2.09. The van der Waals surface area contributed by atoms with Crippen LogP contribution in [-0.4, -0.2) is 5.11 Å². The number of hydrogen-bond acceptors (Lipinski definition) is 2. The third-order valence-electron chi connectivity index (χ3n) is 1.88. The molecule has 0 saturated carbocycles. The molecule has 1 atom stereocenters. The van der Waals surface area contributed by atoms with E-state index in [1.165, 1.54) is 0 Å². The summed E-state index contributed by atoms with van der Waals surface area (Å²) < 4.78 is 25.5. The highest BCUT2D eigenvalue weighted by molar-refractivity contribution is 5.32. The molecule has 1 aromatic carbocycles. The van der Waals surface area contributed by atoms with Gasteiger partial charge < -0.3 is 10.8 Å². The Labute approximate surface area is 80.7 Å². The Kier molecular flexibility index (Phi) is 3.19. The van der Waals surface area contributed by atoms with E-state index in [1.54, 1.807) is 6.08 Å². The highest BCUT2D eigenvalue weighted by Crippen LogP contribution is 2.24. The molecule has 0 spiro atoms. The molecule has 0 radical (unpaired) electrons. The van der Waals surface area contributed by atoms with Gasteiger partial charge in [0.05, 0.1) is 0 Å². The van der Waals surface area contributed by atoms with Gasteiger partial charge >= 0.3 is 0 Å². The maximum atomic E-state index is 12.8. The predicted molar refractivity (Wildman–Crippen MR) is 49.8 cm³/mol. The minimum Gasteiger partial charge on any atom is -0.505 e. The second-order valence-electron chi connectivity index (χ2n) is 2.97. The molecule has 0 fully saturated rings. The lowest BCUT2D eigenvalue weighted by Crippen LogP contribution is -2.09. The molecule has 0 heterocycles. The minimum atomic E-state index is -1.25. The zero-order valence-electron chi connectivity index (χ0n) is 7.50. The van der Waals surface area contributed by atoms with E-state index in [0.29, 0.717) is 12.0 Å². The summed E-state index contributed by atoms with van der Waals surface area (Å²) in [5.74, 6) is -3.07. The lowest BCUT2D eigenvalue weighted by Gasteiger charge is -2.10. The van der Waals surface area contributed by atoms with Crippen LogP contribution >= 0.6 is 0 Å². The van der Waals surface area contributed by atoms with Crippen LogP contribution in [0.5, 0.6) is 5.75 Å². The first-order chi connectivity index (χ1) is 6.56. The zero-order chi connectivity index (χ0) is 10.7. The van der Waals surface area contributed by atoms with Crippen LogP contribution in [0, 0.1) is 11.6 Å². The Bertz CT molecular complexity index is 329. The number of halogens is 2. The summed E-state index contributed by atoms with van der Waals surface area (Å²) in [7, 11) is 0. The fourth-order valence-electron chi connectivity index (χ4n) is 1.12. The van der Waals surface area contributed by atoms with Gasteiger partial charge in [0.1, 0.15) is 0 Å². The van der Waals surface area contributed by atoms with Crippen molar-refractivity contribution in [3.63, 3.8) is 0 Å². The number of benzene rings is 1. The van der Waals surface area contributed by atoms with E-state index >= 15 is 0 Å². The first kappa shape index (κ1) is 10.7. The Balaban J connectivity index is 3.05. The molecule has 1 aromatic rings. The highest BCUT2D eigenvalue weighted by atomic mass is 19.2. The Morgan fingerprint density at radius 3 is 2.64 bits per heavy atom. The second kappa shape index (κ2) is 4.19. The van der Waals surface area contributed by atoms with Crippen LogP contribution in [0.1, 0.15) is 18.0 Å². The van der Waals surface area contributed by atoms with E-state index in [2.05, 4.69) is 6.58 Å². The van der Waals surface area contributed by atoms with E-state index in [-0.39, 0.29) is 0 Å². The molecule has 0 aliphatic carbocycles. The van der Waals surface area contributed by atoms with Crippen molar-refractivity contribution in [2.24, 2.45) is 5.73 Å². The van der Waals surface area contributed by atoms with Gasteiger partial charge in [-0.15, -0.1) is 6.58 Å². The van der Waals surface area contributed by atoms with E-state index < -0.39 is 23.4 Å². The third-order valence-corrected chi connectivity index (χ3v) is 1.88. The van der Waals surface area contributed by atoms with Crippen LogP contribution in [0.4, 0.5) is 8.78 Å². The topological polar surface area (TPSA) is 46.2 Å². The van der Waals surface area contributed by atoms with Crippen LogP contribution in [0.3, 0.4) is 0 Å². The Hall–Kier alpha value is -1.42. The van der Waals surface area contributed by atoms with E-state index in [0.717, 1.165) is 12.1 Å². The van der Waals surface area contributed by atoms with Crippen molar-refractivity contribution in [2.45, 2.75) is 12.5 Å². The van der Waals surface area contributed by atoms with Crippen molar-refractivity contribution in [3.05, 3.63) is 42.0 Å². The number of phenolic OH excluding ortho intramolecular Hbond substituents is 1. The lowest BCUT2D eigenvalue weighted by atomic mass is 10.0. The molecule has 4 heteroatoms. The van der Waals surface area contributed by atoms with Gasteiger partial charge in [-0.05, 0) is 24.1 Å². The van der Waals surface area contributed by atoms with Gasteiger partial charge in [0.2, 0.25) is 0 Å². The quantitative estimate of drug-likeness (QED) is 0.733.